The lowest BCUT2D eigenvalue weighted by molar-refractivity contribution is -0.120. The van der Waals surface area contributed by atoms with E-state index in [1.165, 1.54) is 0 Å². The average Bonchev–Trinajstić information content (AvgIpc) is 2.66. The molecule has 0 aliphatic heterocycles. The number of hydrogen-bond acceptors (Lipinski definition) is 2. The van der Waals surface area contributed by atoms with E-state index >= 15 is 0 Å². The van der Waals surface area contributed by atoms with Crippen molar-refractivity contribution in [1.82, 2.24) is 10.0 Å². The lowest BCUT2D eigenvalue weighted by atomic mass is 9.44. The number of amides is 1. The van der Waals surface area contributed by atoms with Crippen molar-refractivity contribution in [3.05, 3.63) is 59.7 Å². The van der Waals surface area contributed by atoms with Crippen LogP contribution in [0.3, 0.4) is 0 Å². The lowest BCUT2D eigenvalue weighted by Crippen LogP contribution is -2.40. The molecular formula is C23H33BN2O2S. The van der Waals surface area contributed by atoms with Gasteiger partial charge in [-0.1, -0.05) is 74.4 Å². The Kier molecular flexibility index (Phi) is 8.66. The molecule has 29 heavy (non-hydrogen) atoms. The molecule has 0 bridgehead atoms. The van der Waals surface area contributed by atoms with Crippen molar-refractivity contribution >= 4 is 29.1 Å². The van der Waals surface area contributed by atoms with Gasteiger partial charge >= 0.3 is 0 Å². The van der Waals surface area contributed by atoms with E-state index in [9.17, 15) is 9.00 Å². The van der Waals surface area contributed by atoms with Gasteiger partial charge in [-0.15, -0.1) is 0 Å². The Morgan fingerprint density at radius 2 is 1.76 bits per heavy atom. The summed E-state index contributed by atoms with van der Waals surface area (Å²) in [7, 11) is -1.33. The molecule has 2 N–H and O–H groups in total. The van der Waals surface area contributed by atoms with Gasteiger partial charge in [-0.05, 0) is 38.0 Å². The zero-order valence-electron chi connectivity index (χ0n) is 18.2. The van der Waals surface area contributed by atoms with Gasteiger partial charge in [0.15, 0.2) is 6.71 Å². The summed E-state index contributed by atoms with van der Waals surface area (Å²) in [5.74, 6) is -0.0382. The largest absolute Gasteiger partial charge is 0.352 e. The number of carbonyl (C=O) groups excluding carboxylic acids is 1. The van der Waals surface area contributed by atoms with Crippen LogP contribution in [0.5, 0.6) is 0 Å². The quantitative estimate of drug-likeness (QED) is 0.617. The van der Waals surface area contributed by atoms with Crippen LogP contribution < -0.4 is 15.5 Å². The number of hydrogen-bond donors (Lipinski definition) is 2. The monoisotopic (exact) mass is 412 g/mol. The summed E-state index contributed by atoms with van der Waals surface area (Å²) in [5.41, 5.74) is 2.78. The normalized spacial score (nSPS) is 12.4. The topological polar surface area (TPSA) is 58.2 Å². The molecule has 0 saturated carbocycles. The van der Waals surface area contributed by atoms with Gasteiger partial charge in [-0.3, -0.25) is 4.79 Å². The molecule has 4 nitrogen and oxygen atoms in total. The fraction of sp³-hybridized carbons (Fsp3) is 0.435. The van der Waals surface area contributed by atoms with Crippen molar-refractivity contribution < 1.29 is 9.00 Å². The highest BCUT2D eigenvalue weighted by atomic mass is 32.2. The molecule has 2 aromatic carbocycles. The van der Waals surface area contributed by atoms with Crippen LogP contribution in [0.15, 0.2) is 53.4 Å². The second kappa shape index (κ2) is 10.7. The van der Waals surface area contributed by atoms with Crippen LogP contribution in [0.4, 0.5) is 0 Å². The molecule has 1 atom stereocenters. The second-order valence-electron chi connectivity index (χ2n) is 8.62. The van der Waals surface area contributed by atoms with Crippen LogP contribution in [-0.2, 0) is 28.7 Å². The van der Waals surface area contributed by atoms with E-state index in [1.807, 2.05) is 69.3 Å². The third-order valence-electron chi connectivity index (χ3n) is 4.63. The maximum Gasteiger partial charge on any atom is 0.224 e. The van der Waals surface area contributed by atoms with Gasteiger partial charge in [0.05, 0.1) is 6.42 Å². The summed E-state index contributed by atoms with van der Waals surface area (Å²) in [6, 6.07) is 15.8. The number of nitrogens with one attached hydrogen (secondary N) is 2. The van der Waals surface area contributed by atoms with E-state index in [1.54, 1.807) is 0 Å². The maximum absolute atomic E-state index is 13.0. The van der Waals surface area contributed by atoms with E-state index in [4.69, 9.17) is 0 Å². The van der Waals surface area contributed by atoms with Crippen LogP contribution in [0, 0.1) is 0 Å². The molecule has 1 unspecified atom stereocenters. The van der Waals surface area contributed by atoms with Crippen LogP contribution in [0.25, 0.3) is 0 Å². The van der Waals surface area contributed by atoms with E-state index < -0.39 is 11.0 Å². The lowest BCUT2D eigenvalue weighted by Gasteiger charge is -2.22. The van der Waals surface area contributed by atoms with Crippen LogP contribution in [0.2, 0.25) is 13.1 Å². The van der Waals surface area contributed by atoms with E-state index in [0.717, 1.165) is 34.2 Å². The van der Waals surface area contributed by atoms with Crippen molar-refractivity contribution in [2.75, 3.05) is 0 Å². The highest BCUT2D eigenvalue weighted by Crippen LogP contribution is 2.14. The van der Waals surface area contributed by atoms with E-state index in [2.05, 4.69) is 23.8 Å². The van der Waals surface area contributed by atoms with Gasteiger partial charge in [0.25, 0.3) is 0 Å². The standard InChI is InChI=1S/C23H33BN2O2S/c1-6-14-24(5)20-13-12-19(15-21(20)29(28)26-23(2,3)4)16-22(27)25-17-18-10-8-7-9-11-18/h7-13,15,26H,6,14,16-17H2,1-5H3,(H,25,27). The summed E-state index contributed by atoms with van der Waals surface area (Å²) in [6.07, 6.45) is 2.38. The zero-order valence-corrected chi connectivity index (χ0v) is 19.1. The third kappa shape index (κ3) is 7.79. The molecule has 2 aromatic rings. The minimum absolute atomic E-state index is 0.0382. The minimum Gasteiger partial charge on any atom is -0.352 e. The Hall–Kier alpha value is -1.92. The Morgan fingerprint density at radius 1 is 1.07 bits per heavy atom. The maximum atomic E-state index is 13.0. The highest BCUT2D eigenvalue weighted by molar-refractivity contribution is 7.83. The molecule has 0 saturated heterocycles. The Labute approximate surface area is 178 Å². The first-order valence-electron chi connectivity index (χ1n) is 10.3. The molecule has 1 amide bonds. The summed E-state index contributed by atoms with van der Waals surface area (Å²) >= 11 is 0. The highest BCUT2D eigenvalue weighted by Gasteiger charge is 2.21. The second-order valence-corrected chi connectivity index (χ2v) is 9.80. The molecule has 0 radical (unpaired) electrons. The number of benzene rings is 2. The number of rotatable bonds is 9. The molecule has 0 aromatic heterocycles. The van der Waals surface area contributed by atoms with Crippen molar-refractivity contribution in [3.63, 3.8) is 0 Å². The van der Waals surface area contributed by atoms with Gasteiger partial charge in [-0.2, -0.15) is 0 Å². The van der Waals surface area contributed by atoms with Crippen molar-refractivity contribution in [2.24, 2.45) is 0 Å². The summed E-state index contributed by atoms with van der Waals surface area (Å²) in [6.45, 7) is 11.2. The van der Waals surface area contributed by atoms with Crippen LogP contribution in [0.1, 0.15) is 45.2 Å². The van der Waals surface area contributed by atoms with Crippen molar-refractivity contribution in [1.29, 1.82) is 0 Å². The SMILES string of the molecule is CCCB(C)c1ccc(CC(=O)NCc2ccccc2)cc1S(=O)NC(C)(C)C. The molecular weight excluding hydrogens is 379 g/mol. The third-order valence-corrected chi connectivity index (χ3v) is 6.18. The predicted octanol–water partition coefficient (Wildman–Crippen LogP) is 3.70. The zero-order chi connectivity index (χ0) is 21.4. The molecule has 0 aliphatic rings. The summed E-state index contributed by atoms with van der Waals surface area (Å²) in [5, 5.41) is 2.96. The van der Waals surface area contributed by atoms with E-state index in [-0.39, 0.29) is 17.9 Å². The van der Waals surface area contributed by atoms with Gasteiger partial charge in [0.1, 0.15) is 11.0 Å². The Morgan fingerprint density at radius 3 is 2.38 bits per heavy atom. The number of carbonyl (C=O) groups is 1. The molecule has 0 spiro atoms. The first-order valence-corrected chi connectivity index (χ1v) is 11.5. The molecule has 6 heteroatoms. The van der Waals surface area contributed by atoms with Crippen LogP contribution in [-0.4, -0.2) is 22.4 Å². The molecule has 156 valence electrons. The molecule has 0 heterocycles. The molecule has 2 rings (SSSR count). The van der Waals surface area contributed by atoms with Gasteiger partial charge in [-0.25, -0.2) is 8.93 Å². The minimum atomic E-state index is -1.33. The first kappa shape index (κ1) is 23.4. The molecule has 0 aliphatic carbocycles. The van der Waals surface area contributed by atoms with E-state index in [0.29, 0.717) is 13.3 Å². The summed E-state index contributed by atoms with van der Waals surface area (Å²) in [4.78, 5) is 13.2. The van der Waals surface area contributed by atoms with Gasteiger partial charge < -0.3 is 5.32 Å². The van der Waals surface area contributed by atoms with Gasteiger partial charge in [0.2, 0.25) is 5.91 Å². The average molecular weight is 412 g/mol. The molecule has 0 fully saturated rings. The Bertz CT molecular complexity index is 835. The fourth-order valence-corrected chi connectivity index (χ4v) is 4.63. The first-order chi connectivity index (χ1) is 13.7. The van der Waals surface area contributed by atoms with Gasteiger partial charge in [0, 0.05) is 17.0 Å². The van der Waals surface area contributed by atoms with Crippen molar-refractivity contribution in [3.8, 4) is 0 Å². The smallest absolute Gasteiger partial charge is 0.224 e. The fourth-order valence-electron chi connectivity index (χ4n) is 3.22. The predicted molar refractivity (Wildman–Crippen MR) is 124 cm³/mol. The van der Waals surface area contributed by atoms with Crippen LogP contribution >= 0.6 is 0 Å². The van der Waals surface area contributed by atoms with Crippen molar-refractivity contribution in [2.45, 2.75) is 70.7 Å². The Balaban J connectivity index is 2.16. The summed E-state index contributed by atoms with van der Waals surface area (Å²) < 4.78 is 16.2.